The Morgan fingerprint density at radius 3 is 2.74 bits per heavy atom. The lowest BCUT2D eigenvalue weighted by Crippen LogP contribution is -2.46. The number of aliphatic imine (C=N–C) groups is 1. The van der Waals surface area contributed by atoms with E-state index in [9.17, 15) is 9.18 Å². The van der Waals surface area contributed by atoms with Crippen molar-refractivity contribution in [2.24, 2.45) is 4.99 Å². The Hall–Kier alpha value is -2.11. The third kappa shape index (κ3) is 5.88. The first-order valence-corrected chi connectivity index (χ1v) is 8.16. The van der Waals surface area contributed by atoms with E-state index in [0.29, 0.717) is 18.9 Å². The minimum Gasteiger partial charge on any atom is -0.356 e. The van der Waals surface area contributed by atoms with E-state index in [1.165, 1.54) is 18.6 Å². The summed E-state index contributed by atoms with van der Waals surface area (Å²) in [7, 11) is 1.67. The molecule has 1 heterocycles. The lowest BCUT2D eigenvalue weighted by Gasteiger charge is -2.27. The molecule has 1 aliphatic heterocycles. The summed E-state index contributed by atoms with van der Waals surface area (Å²) < 4.78 is 13.1. The Kier molecular flexibility index (Phi) is 6.84. The first-order chi connectivity index (χ1) is 11.2. The Labute approximate surface area is 137 Å². The fourth-order valence-corrected chi connectivity index (χ4v) is 2.65. The van der Waals surface area contributed by atoms with E-state index in [1.54, 1.807) is 13.1 Å². The number of nitrogens with zero attached hydrogens (tertiary/aromatic N) is 2. The molecule has 23 heavy (non-hydrogen) atoms. The second-order valence-electron chi connectivity index (χ2n) is 5.67. The van der Waals surface area contributed by atoms with Gasteiger partial charge in [-0.3, -0.25) is 9.79 Å². The van der Waals surface area contributed by atoms with Crippen LogP contribution in [0.1, 0.15) is 24.8 Å². The maximum atomic E-state index is 13.1. The molecular weight excluding hydrogens is 295 g/mol. The highest BCUT2D eigenvalue weighted by molar-refractivity contribution is 5.86. The molecule has 0 aromatic heterocycles. The largest absolute Gasteiger partial charge is 0.356 e. The van der Waals surface area contributed by atoms with Crippen LogP contribution in [0.15, 0.2) is 29.3 Å². The zero-order valence-electron chi connectivity index (χ0n) is 13.6. The van der Waals surface area contributed by atoms with E-state index in [0.717, 1.165) is 31.5 Å². The number of piperidine rings is 1. The molecular formula is C17H25FN4O. The van der Waals surface area contributed by atoms with E-state index in [-0.39, 0.29) is 18.3 Å². The molecule has 1 saturated heterocycles. The summed E-state index contributed by atoms with van der Waals surface area (Å²) in [4.78, 5) is 18.1. The average molecular weight is 320 g/mol. The third-order valence-electron chi connectivity index (χ3n) is 3.93. The van der Waals surface area contributed by atoms with Gasteiger partial charge in [0.1, 0.15) is 5.82 Å². The van der Waals surface area contributed by atoms with Gasteiger partial charge in [0, 0.05) is 26.7 Å². The first-order valence-electron chi connectivity index (χ1n) is 8.16. The van der Waals surface area contributed by atoms with Crippen LogP contribution in [0, 0.1) is 5.82 Å². The van der Waals surface area contributed by atoms with Crippen molar-refractivity contribution < 1.29 is 9.18 Å². The van der Waals surface area contributed by atoms with Crippen molar-refractivity contribution in [3.63, 3.8) is 0 Å². The molecule has 0 radical (unpaired) electrons. The molecule has 1 aromatic rings. The number of halogens is 1. The van der Waals surface area contributed by atoms with Crippen LogP contribution in [-0.4, -0.2) is 50.0 Å². The zero-order valence-corrected chi connectivity index (χ0v) is 13.6. The van der Waals surface area contributed by atoms with Gasteiger partial charge in [-0.2, -0.15) is 0 Å². The molecule has 0 atom stereocenters. The van der Waals surface area contributed by atoms with Crippen molar-refractivity contribution in [3.05, 3.63) is 35.6 Å². The van der Waals surface area contributed by atoms with Gasteiger partial charge in [0.2, 0.25) is 5.91 Å². The van der Waals surface area contributed by atoms with Gasteiger partial charge in [-0.05, 0) is 43.4 Å². The number of hydrogen-bond donors (Lipinski definition) is 2. The van der Waals surface area contributed by atoms with Gasteiger partial charge in [0.25, 0.3) is 0 Å². The maximum absolute atomic E-state index is 13.1. The van der Waals surface area contributed by atoms with Crippen LogP contribution >= 0.6 is 0 Å². The van der Waals surface area contributed by atoms with Crippen molar-refractivity contribution in [3.8, 4) is 0 Å². The summed E-state index contributed by atoms with van der Waals surface area (Å²) in [5, 5.41) is 6.18. The van der Waals surface area contributed by atoms with Crippen molar-refractivity contribution >= 4 is 11.9 Å². The second kappa shape index (κ2) is 9.12. The van der Waals surface area contributed by atoms with Gasteiger partial charge < -0.3 is 15.5 Å². The number of carbonyl (C=O) groups excluding carboxylic acids is 1. The fraction of sp³-hybridized carbons (Fsp3) is 0.529. The molecule has 1 fully saturated rings. The molecule has 0 saturated carbocycles. The quantitative estimate of drug-likeness (QED) is 0.639. The average Bonchev–Trinajstić information content (AvgIpc) is 2.58. The van der Waals surface area contributed by atoms with Gasteiger partial charge in [-0.1, -0.05) is 12.1 Å². The summed E-state index contributed by atoms with van der Waals surface area (Å²) in [5.74, 6) is 0.474. The van der Waals surface area contributed by atoms with Crippen LogP contribution in [0.2, 0.25) is 0 Å². The van der Waals surface area contributed by atoms with Crippen molar-refractivity contribution in [1.82, 2.24) is 15.5 Å². The van der Waals surface area contributed by atoms with Gasteiger partial charge in [0.05, 0.1) is 6.54 Å². The molecule has 126 valence electrons. The number of likely N-dealkylation sites (tertiary alicyclic amines) is 1. The summed E-state index contributed by atoms with van der Waals surface area (Å²) in [6, 6.07) is 6.55. The highest BCUT2D eigenvalue weighted by Gasteiger charge is 2.16. The minimum atomic E-state index is -0.225. The molecule has 0 unspecified atom stereocenters. The summed E-state index contributed by atoms with van der Waals surface area (Å²) in [6.45, 7) is 2.58. The lowest BCUT2D eigenvalue weighted by molar-refractivity contribution is -0.130. The van der Waals surface area contributed by atoms with Crippen LogP contribution in [0.25, 0.3) is 0 Å². The summed E-state index contributed by atoms with van der Waals surface area (Å²) in [5.41, 5.74) is 0.928. The summed E-state index contributed by atoms with van der Waals surface area (Å²) in [6.07, 6.45) is 4.08. The standard InChI is InChI=1S/C17H25FN4O/c1-19-17(20-9-8-14-6-5-7-15(18)12-14)21-13-16(23)22-10-3-2-4-11-22/h5-7,12H,2-4,8-11,13H2,1H3,(H2,19,20,21). The van der Waals surface area contributed by atoms with E-state index in [1.807, 2.05) is 11.0 Å². The molecule has 1 aliphatic rings. The molecule has 1 amide bonds. The third-order valence-corrected chi connectivity index (χ3v) is 3.93. The fourth-order valence-electron chi connectivity index (χ4n) is 2.65. The predicted octanol–water partition coefficient (Wildman–Crippen LogP) is 1.55. The van der Waals surface area contributed by atoms with Crippen LogP contribution < -0.4 is 10.6 Å². The van der Waals surface area contributed by atoms with E-state index < -0.39 is 0 Å². The second-order valence-corrected chi connectivity index (χ2v) is 5.67. The monoisotopic (exact) mass is 320 g/mol. The Balaban J connectivity index is 1.69. The Bertz CT molecular complexity index is 541. The normalized spacial score (nSPS) is 15.4. The number of carbonyl (C=O) groups is 1. The number of hydrogen-bond acceptors (Lipinski definition) is 2. The SMILES string of the molecule is CN=C(NCCc1cccc(F)c1)NCC(=O)N1CCCCC1. The summed E-state index contributed by atoms with van der Waals surface area (Å²) >= 11 is 0. The van der Waals surface area contributed by atoms with Crippen molar-refractivity contribution in [1.29, 1.82) is 0 Å². The lowest BCUT2D eigenvalue weighted by atomic mass is 10.1. The number of guanidine groups is 1. The Morgan fingerprint density at radius 1 is 1.26 bits per heavy atom. The van der Waals surface area contributed by atoms with Crippen LogP contribution in [0.5, 0.6) is 0 Å². The first kappa shape index (κ1) is 17.2. The number of benzene rings is 1. The number of amides is 1. The highest BCUT2D eigenvalue weighted by atomic mass is 19.1. The maximum Gasteiger partial charge on any atom is 0.241 e. The van der Waals surface area contributed by atoms with E-state index >= 15 is 0 Å². The van der Waals surface area contributed by atoms with Crippen molar-refractivity contribution in [2.75, 3.05) is 33.2 Å². The van der Waals surface area contributed by atoms with E-state index in [2.05, 4.69) is 15.6 Å². The zero-order chi connectivity index (χ0) is 16.5. The molecule has 2 N–H and O–H groups in total. The smallest absolute Gasteiger partial charge is 0.241 e. The molecule has 5 nitrogen and oxygen atoms in total. The van der Waals surface area contributed by atoms with Crippen LogP contribution in [0.4, 0.5) is 4.39 Å². The minimum absolute atomic E-state index is 0.109. The predicted molar refractivity (Wildman–Crippen MR) is 89.9 cm³/mol. The van der Waals surface area contributed by atoms with Gasteiger partial charge in [-0.25, -0.2) is 4.39 Å². The van der Waals surface area contributed by atoms with Crippen molar-refractivity contribution in [2.45, 2.75) is 25.7 Å². The molecule has 0 bridgehead atoms. The van der Waals surface area contributed by atoms with Gasteiger partial charge >= 0.3 is 0 Å². The van der Waals surface area contributed by atoms with Gasteiger partial charge in [0.15, 0.2) is 5.96 Å². The molecule has 6 heteroatoms. The van der Waals surface area contributed by atoms with Crippen LogP contribution in [-0.2, 0) is 11.2 Å². The number of rotatable bonds is 5. The van der Waals surface area contributed by atoms with Gasteiger partial charge in [-0.15, -0.1) is 0 Å². The molecule has 2 rings (SSSR count). The van der Waals surface area contributed by atoms with E-state index in [4.69, 9.17) is 0 Å². The molecule has 0 aliphatic carbocycles. The topological polar surface area (TPSA) is 56.7 Å². The van der Waals surface area contributed by atoms with Crippen LogP contribution in [0.3, 0.4) is 0 Å². The molecule has 1 aromatic carbocycles. The Morgan fingerprint density at radius 2 is 2.04 bits per heavy atom. The molecule has 0 spiro atoms. The number of nitrogens with one attached hydrogen (secondary N) is 2. The highest BCUT2D eigenvalue weighted by Crippen LogP contribution is 2.08.